The average Bonchev–Trinajstić information content (AvgIpc) is 2.98. The molecule has 16 heavy (non-hydrogen) atoms. The van der Waals surface area contributed by atoms with Crippen LogP contribution in [0.4, 0.5) is 0 Å². The fourth-order valence-corrected chi connectivity index (χ4v) is 1.80. The largest absolute Gasteiger partial charge is 0.226 e. The molecule has 0 unspecified atom stereocenters. The van der Waals surface area contributed by atoms with Crippen LogP contribution in [0.15, 0.2) is 24.3 Å². The van der Waals surface area contributed by atoms with Crippen molar-refractivity contribution in [1.29, 1.82) is 0 Å². The second-order valence-electron chi connectivity index (χ2n) is 3.32. The predicted octanol–water partition coefficient (Wildman–Crippen LogP) is -0.285. The van der Waals surface area contributed by atoms with Crippen LogP contribution in [0.25, 0.3) is 22.3 Å². The zero-order chi connectivity index (χ0) is 10.5. The average molecular weight is 212 g/mol. The Hall–Kier alpha value is -2.64. The molecule has 4 aromatic rings. The van der Waals surface area contributed by atoms with Crippen LogP contribution >= 0.6 is 0 Å². The van der Waals surface area contributed by atoms with Crippen molar-refractivity contribution in [3.8, 4) is 0 Å². The van der Waals surface area contributed by atoms with E-state index in [4.69, 9.17) is 0 Å². The Balaban J connectivity index is 2.51. The zero-order valence-corrected chi connectivity index (χ0v) is 7.89. The summed E-state index contributed by atoms with van der Waals surface area (Å²) in [5.74, 6) is 0. The molecule has 0 radical (unpaired) electrons. The first kappa shape index (κ1) is 7.63. The summed E-state index contributed by atoms with van der Waals surface area (Å²) in [5, 5.41) is 22.9. The van der Waals surface area contributed by atoms with Crippen LogP contribution < -0.4 is 0 Å². The van der Waals surface area contributed by atoms with Gasteiger partial charge < -0.3 is 0 Å². The van der Waals surface area contributed by atoms with Crippen molar-refractivity contribution in [1.82, 2.24) is 40.1 Å². The molecule has 0 saturated heterocycles. The van der Waals surface area contributed by atoms with Gasteiger partial charge in [-0.2, -0.15) is 9.03 Å². The zero-order valence-electron chi connectivity index (χ0n) is 7.89. The van der Waals surface area contributed by atoms with E-state index in [-0.39, 0.29) is 0 Å². The van der Waals surface area contributed by atoms with Crippen LogP contribution in [0, 0.1) is 0 Å². The van der Waals surface area contributed by atoms with E-state index in [1.165, 1.54) is 0 Å². The molecule has 0 aliphatic rings. The molecule has 1 aromatic carbocycles. The van der Waals surface area contributed by atoms with Gasteiger partial charge in [-0.15, -0.1) is 10.2 Å². The van der Waals surface area contributed by atoms with E-state index in [2.05, 4.69) is 31.1 Å². The van der Waals surface area contributed by atoms with Gasteiger partial charge in [-0.05, 0) is 33.0 Å². The molecule has 0 atom stereocenters. The maximum atomic E-state index is 3.92. The van der Waals surface area contributed by atoms with Gasteiger partial charge in [-0.25, -0.2) is 0 Å². The van der Waals surface area contributed by atoms with Gasteiger partial charge in [0.05, 0.1) is 11.0 Å². The summed E-state index contributed by atoms with van der Waals surface area (Å²) in [6.07, 6.45) is 0. The summed E-state index contributed by atoms with van der Waals surface area (Å²) in [7, 11) is 0. The monoisotopic (exact) mass is 212 g/mol. The van der Waals surface area contributed by atoms with Crippen LogP contribution in [0.5, 0.6) is 0 Å². The molecular formula is C8H4N8. The Labute approximate surface area is 87.5 Å². The maximum Gasteiger partial charge on any atom is 0.226 e. The number of fused-ring (bicyclic) bond motifs is 6. The topological polar surface area (TPSA) is 86.2 Å². The van der Waals surface area contributed by atoms with Gasteiger partial charge in [-0.3, -0.25) is 0 Å². The lowest BCUT2D eigenvalue weighted by Gasteiger charge is -2.00. The number of tetrazole rings is 2. The molecule has 0 N–H and O–H groups in total. The van der Waals surface area contributed by atoms with E-state index in [1.807, 2.05) is 24.3 Å². The molecule has 0 aliphatic heterocycles. The molecular weight excluding hydrogens is 208 g/mol. The maximum absolute atomic E-state index is 3.92. The second-order valence-corrected chi connectivity index (χ2v) is 3.32. The van der Waals surface area contributed by atoms with Crippen molar-refractivity contribution in [3.05, 3.63) is 24.3 Å². The Morgan fingerprint density at radius 1 is 0.750 bits per heavy atom. The summed E-state index contributed by atoms with van der Waals surface area (Å²) in [5.41, 5.74) is 2.82. The predicted molar refractivity (Wildman–Crippen MR) is 52.6 cm³/mol. The number of benzene rings is 1. The van der Waals surface area contributed by atoms with Crippen LogP contribution in [0.3, 0.4) is 0 Å². The molecule has 0 fully saturated rings. The summed E-state index contributed by atoms with van der Waals surface area (Å²) in [6, 6.07) is 7.67. The number of hydrogen-bond acceptors (Lipinski definition) is 6. The second kappa shape index (κ2) is 2.48. The lowest BCUT2D eigenvalue weighted by molar-refractivity contribution is 0.827. The highest BCUT2D eigenvalue weighted by molar-refractivity contribution is 5.83. The first-order chi connectivity index (χ1) is 7.95. The quantitative estimate of drug-likeness (QED) is 0.398. The lowest BCUT2D eigenvalue weighted by Crippen LogP contribution is -1.99. The smallest absolute Gasteiger partial charge is 0.188 e. The summed E-state index contributed by atoms with van der Waals surface area (Å²) >= 11 is 0. The van der Waals surface area contributed by atoms with Crippen molar-refractivity contribution >= 4 is 22.3 Å². The first-order valence-electron chi connectivity index (χ1n) is 4.62. The van der Waals surface area contributed by atoms with Gasteiger partial charge >= 0.3 is 0 Å². The summed E-state index contributed by atoms with van der Waals surface area (Å²) in [6.45, 7) is 0. The molecule has 0 aliphatic carbocycles. The van der Waals surface area contributed by atoms with Crippen molar-refractivity contribution in [2.24, 2.45) is 0 Å². The normalized spacial score (nSPS) is 11.8. The molecule has 0 spiro atoms. The van der Waals surface area contributed by atoms with Gasteiger partial charge in [0.15, 0.2) is 0 Å². The number of para-hydroxylation sites is 2. The van der Waals surface area contributed by atoms with Crippen molar-refractivity contribution < 1.29 is 0 Å². The first-order valence-corrected chi connectivity index (χ1v) is 4.62. The molecule has 76 valence electrons. The Morgan fingerprint density at radius 2 is 1.25 bits per heavy atom. The van der Waals surface area contributed by atoms with Gasteiger partial charge in [0.2, 0.25) is 11.3 Å². The van der Waals surface area contributed by atoms with E-state index in [0.717, 1.165) is 11.0 Å². The van der Waals surface area contributed by atoms with E-state index in [1.54, 1.807) is 9.03 Å². The molecule has 3 aromatic heterocycles. The molecule has 3 heterocycles. The van der Waals surface area contributed by atoms with E-state index < -0.39 is 0 Å². The molecule has 8 nitrogen and oxygen atoms in total. The van der Waals surface area contributed by atoms with E-state index in [0.29, 0.717) is 11.3 Å². The number of hydrogen-bond donors (Lipinski definition) is 0. The third-order valence-corrected chi connectivity index (χ3v) is 2.48. The number of aromatic nitrogens is 8. The van der Waals surface area contributed by atoms with E-state index in [9.17, 15) is 0 Å². The van der Waals surface area contributed by atoms with Gasteiger partial charge in [0.25, 0.3) is 0 Å². The Bertz CT molecular complexity index is 743. The molecule has 0 amide bonds. The van der Waals surface area contributed by atoms with E-state index >= 15 is 0 Å². The van der Waals surface area contributed by atoms with Crippen LogP contribution in [-0.4, -0.2) is 40.1 Å². The number of rotatable bonds is 0. The Kier molecular flexibility index (Phi) is 1.18. The van der Waals surface area contributed by atoms with Crippen molar-refractivity contribution in [2.75, 3.05) is 0 Å². The minimum atomic E-state index is 0.545. The van der Waals surface area contributed by atoms with Gasteiger partial charge in [-0.1, -0.05) is 12.1 Å². The van der Waals surface area contributed by atoms with Gasteiger partial charge in [0, 0.05) is 0 Å². The minimum Gasteiger partial charge on any atom is -0.188 e. The fraction of sp³-hybridized carbons (Fsp3) is 0. The summed E-state index contributed by atoms with van der Waals surface area (Å²) in [4.78, 5) is 0. The highest BCUT2D eigenvalue weighted by atomic mass is 15.6. The summed E-state index contributed by atoms with van der Waals surface area (Å²) < 4.78 is 3.25. The van der Waals surface area contributed by atoms with Crippen molar-refractivity contribution in [3.63, 3.8) is 0 Å². The van der Waals surface area contributed by atoms with Crippen molar-refractivity contribution in [2.45, 2.75) is 0 Å². The van der Waals surface area contributed by atoms with Gasteiger partial charge in [0.1, 0.15) is 0 Å². The van der Waals surface area contributed by atoms with Crippen LogP contribution in [0.2, 0.25) is 0 Å². The minimum absolute atomic E-state index is 0.545. The highest BCUT2D eigenvalue weighted by Gasteiger charge is 2.12. The molecule has 4 rings (SSSR count). The third-order valence-electron chi connectivity index (χ3n) is 2.48. The standard InChI is InChI=1S/C8H4N8/c1-2-4-6-5(3-1)15-7(9-11-13-15)8-10-12-14-16(6)8/h1-4H. The van der Waals surface area contributed by atoms with Crippen LogP contribution in [-0.2, 0) is 0 Å². The highest BCUT2D eigenvalue weighted by Crippen LogP contribution is 2.16. The fourth-order valence-electron chi connectivity index (χ4n) is 1.80. The SMILES string of the molecule is c1ccc2c(c1)n1nnnc1c1nnnn21. The lowest BCUT2D eigenvalue weighted by atomic mass is 10.3. The third kappa shape index (κ3) is 0.749. The number of nitrogens with zero attached hydrogens (tertiary/aromatic N) is 8. The molecule has 0 bridgehead atoms. The molecule has 0 saturated carbocycles. The van der Waals surface area contributed by atoms with Crippen LogP contribution in [0.1, 0.15) is 0 Å². The molecule has 8 heteroatoms. The Morgan fingerprint density at radius 3 is 1.75 bits per heavy atom.